The van der Waals surface area contributed by atoms with Gasteiger partial charge < -0.3 is 4.74 Å². The highest BCUT2D eigenvalue weighted by atomic mass is 79.9. The summed E-state index contributed by atoms with van der Waals surface area (Å²) in [6.45, 7) is 0.683. The fourth-order valence-electron chi connectivity index (χ4n) is 1.27. The Morgan fingerprint density at radius 2 is 1.94 bits per heavy atom. The van der Waals surface area contributed by atoms with Gasteiger partial charge in [-0.2, -0.15) is 0 Å². The van der Waals surface area contributed by atoms with Gasteiger partial charge in [0.25, 0.3) is 0 Å². The van der Waals surface area contributed by atoms with Gasteiger partial charge in [0, 0.05) is 16.4 Å². The lowest BCUT2D eigenvalue weighted by molar-refractivity contribution is 0.344. The van der Waals surface area contributed by atoms with Crippen LogP contribution in [0.25, 0.3) is 0 Å². The van der Waals surface area contributed by atoms with E-state index in [0.29, 0.717) is 6.61 Å². The Morgan fingerprint density at radius 3 is 2.65 bits per heavy atom. The van der Waals surface area contributed by atoms with Crippen molar-refractivity contribution < 1.29 is 4.74 Å². The summed E-state index contributed by atoms with van der Waals surface area (Å²) in [6.07, 6.45) is 1.80. The van der Waals surface area contributed by atoms with E-state index >= 15 is 0 Å². The van der Waals surface area contributed by atoms with E-state index in [1.807, 2.05) is 42.5 Å². The Bertz CT molecular complexity index is 447. The molecule has 17 heavy (non-hydrogen) atoms. The van der Waals surface area contributed by atoms with E-state index in [2.05, 4.69) is 20.9 Å². The number of aromatic nitrogens is 1. The zero-order valence-corrected chi connectivity index (χ0v) is 11.6. The molecule has 0 unspecified atom stereocenters. The highest BCUT2D eigenvalue weighted by molar-refractivity contribution is 9.10. The van der Waals surface area contributed by atoms with Crippen molar-refractivity contribution in [1.82, 2.24) is 4.98 Å². The zero-order chi connectivity index (χ0) is 11.9. The van der Waals surface area contributed by atoms with E-state index in [0.717, 1.165) is 21.0 Å². The van der Waals surface area contributed by atoms with Crippen LogP contribution in [0.4, 0.5) is 0 Å². The lowest BCUT2D eigenvalue weighted by atomic mass is 10.3. The monoisotopic (exact) mass is 309 g/mol. The number of ether oxygens (including phenoxy) is 1. The maximum Gasteiger partial charge on any atom is 0.119 e. The molecule has 0 radical (unpaired) electrons. The second-order valence-corrected chi connectivity index (χ2v) is 5.35. The van der Waals surface area contributed by atoms with E-state index in [1.54, 1.807) is 18.0 Å². The molecule has 0 amide bonds. The molecule has 0 aliphatic carbocycles. The Balaban J connectivity index is 1.71. The first-order valence-electron chi connectivity index (χ1n) is 5.27. The predicted octanol–water partition coefficient (Wildman–Crippen LogP) is 4.02. The molecule has 2 rings (SSSR count). The number of hydrogen-bond acceptors (Lipinski definition) is 3. The Labute approximate surface area is 114 Å². The minimum absolute atomic E-state index is 0.683. The average molecular weight is 310 g/mol. The highest BCUT2D eigenvalue weighted by Gasteiger charge is 1.96. The quantitative estimate of drug-likeness (QED) is 0.615. The van der Waals surface area contributed by atoms with Gasteiger partial charge in [-0.05, 0) is 36.4 Å². The molecule has 0 spiro atoms. The van der Waals surface area contributed by atoms with Gasteiger partial charge >= 0.3 is 0 Å². The van der Waals surface area contributed by atoms with Crippen LogP contribution in [-0.2, 0) is 0 Å². The van der Waals surface area contributed by atoms with E-state index < -0.39 is 0 Å². The van der Waals surface area contributed by atoms with E-state index in [9.17, 15) is 0 Å². The topological polar surface area (TPSA) is 22.1 Å². The van der Waals surface area contributed by atoms with Crippen LogP contribution in [0.3, 0.4) is 0 Å². The minimum Gasteiger partial charge on any atom is -0.493 e. The number of thioether (sulfide) groups is 1. The van der Waals surface area contributed by atoms with Gasteiger partial charge in [0.15, 0.2) is 0 Å². The van der Waals surface area contributed by atoms with E-state index in [1.165, 1.54) is 0 Å². The summed E-state index contributed by atoms with van der Waals surface area (Å²) >= 11 is 5.09. The number of benzene rings is 1. The summed E-state index contributed by atoms with van der Waals surface area (Å²) in [5.74, 6) is 1.79. The fourth-order valence-corrected chi connectivity index (χ4v) is 2.22. The molecule has 0 atom stereocenters. The summed E-state index contributed by atoms with van der Waals surface area (Å²) in [6, 6.07) is 13.8. The summed E-state index contributed by atoms with van der Waals surface area (Å²) in [7, 11) is 0. The van der Waals surface area contributed by atoms with Gasteiger partial charge in [0.05, 0.1) is 11.6 Å². The van der Waals surface area contributed by atoms with Crippen LogP contribution in [0, 0.1) is 0 Å². The van der Waals surface area contributed by atoms with Crippen molar-refractivity contribution in [2.75, 3.05) is 12.4 Å². The Hall–Kier alpha value is -1.00. The molecule has 2 aromatic rings. The molecular weight excluding hydrogens is 298 g/mol. The molecule has 0 bridgehead atoms. The molecule has 0 saturated carbocycles. The van der Waals surface area contributed by atoms with Crippen LogP contribution in [0.5, 0.6) is 5.75 Å². The van der Waals surface area contributed by atoms with Crippen molar-refractivity contribution >= 4 is 27.7 Å². The predicted molar refractivity (Wildman–Crippen MR) is 74.6 cm³/mol. The standard InChI is InChI=1S/C13H12BrNOS/c14-11-4-6-12(7-5-11)16-9-10-17-13-3-1-2-8-15-13/h1-8H,9-10H2. The number of pyridine rings is 1. The Kier molecular flexibility index (Phi) is 4.88. The van der Waals surface area contributed by atoms with Crippen molar-refractivity contribution in [3.8, 4) is 5.75 Å². The smallest absolute Gasteiger partial charge is 0.119 e. The lowest BCUT2D eigenvalue weighted by Gasteiger charge is -2.05. The minimum atomic E-state index is 0.683. The van der Waals surface area contributed by atoms with Crippen molar-refractivity contribution in [2.24, 2.45) is 0 Å². The van der Waals surface area contributed by atoms with Gasteiger partial charge in [-0.25, -0.2) is 4.98 Å². The normalized spacial score (nSPS) is 10.2. The fraction of sp³-hybridized carbons (Fsp3) is 0.154. The largest absolute Gasteiger partial charge is 0.493 e. The van der Waals surface area contributed by atoms with Crippen LogP contribution in [-0.4, -0.2) is 17.3 Å². The van der Waals surface area contributed by atoms with Gasteiger partial charge in [-0.15, -0.1) is 11.8 Å². The summed E-state index contributed by atoms with van der Waals surface area (Å²) in [5.41, 5.74) is 0. The van der Waals surface area contributed by atoms with Gasteiger partial charge in [0.2, 0.25) is 0 Å². The van der Waals surface area contributed by atoms with Crippen LogP contribution >= 0.6 is 27.7 Å². The molecule has 1 aromatic heterocycles. The van der Waals surface area contributed by atoms with Crippen LogP contribution in [0.2, 0.25) is 0 Å². The summed E-state index contributed by atoms with van der Waals surface area (Å²) in [5, 5.41) is 1.03. The summed E-state index contributed by atoms with van der Waals surface area (Å²) < 4.78 is 6.68. The molecule has 2 nitrogen and oxygen atoms in total. The molecule has 0 aliphatic heterocycles. The molecule has 0 aliphatic rings. The second kappa shape index (κ2) is 6.67. The zero-order valence-electron chi connectivity index (χ0n) is 9.17. The third-order valence-corrected chi connectivity index (χ3v) is 3.49. The molecule has 0 N–H and O–H groups in total. The van der Waals surface area contributed by atoms with E-state index in [-0.39, 0.29) is 0 Å². The highest BCUT2D eigenvalue weighted by Crippen LogP contribution is 2.17. The van der Waals surface area contributed by atoms with Crippen molar-refractivity contribution in [1.29, 1.82) is 0 Å². The molecule has 88 valence electrons. The van der Waals surface area contributed by atoms with Gasteiger partial charge in [-0.1, -0.05) is 22.0 Å². The number of hydrogen-bond donors (Lipinski definition) is 0. The summed E-state index contributed by atoms with van der Waals surface area (Å²) in [4.78, 5) is 4.24. The maximum atomic E-state index is 5.61. The van der Waals surface area contributed by atoms with Crippen molar-refractivity contribution in [3.63, 3.8) is 0 Å². The third kappa shape index (κ3) is 4.40. The molecule has 0 fully saturated rings. The molecular formula is C13H12BrNOS. The molecule has 0 saturated heterocycles. The third-order valence-electron chi connectivity index (χ3n) is 2.05. The number of nitrogens with zero attached hydrogens (tertiary/aromatic N) is 1. The molecule has 1 heterocycles. The first-order valence-corrected chi connectivity index (χ1v) is 7.05. The first kappa shape index (κ1) is 12.5. The second-order valence-electron chi connectivity index (χ2n) is 3.32. The van der Waals surface area contributed by atoms with Crippen LogP contribution < -0.4 is 4.74 Å². The van der Waals surface area contributed by atoms with Crippen LogP contribution in [0.1, 0.15) is 0 Å². The molecule has 4 heteroatoms. The SMILES string of the molecule is Brc1ccc(OCCSc2ccccn2)cc1. The van der Waals surface area contributed by atoms with Crippen molar-refractivity contribution in [2.45, 2.75) is 5.03 Å². The molecule has 1 aromatic carbocycles. The number of halogens is 1. The lowest BCUT2D eigenvalue weighted by Crippen LogP contribution is -2.00. The first-order chi connectivity index (χ1) is 8.34. The van der Waals surface area contributed by atoms with Crippen molar-refractivity contribution in [3.05, 3.63) is 53.1 Å². The van der Waals surface area contributed by atoms with E-state index in [4.69, 9.17) is 4.74 Å². The average Bonchev–Trinajstić information content (AvgIpc) is 2.38. The van der Waals surface area contributed by atoms with Gasteiger partial charge in [0.1, 0.15) is 5.75 Å². The Morgan fingerprint density at radius 1 is 1.12 bits per heavy atom. The maximum absolute atomic E-state index is 5.61. The van der Waals surface area contributed by atoms with Gasteiger partial charge in [-0.3, -0.25) is 0 Å². The van der Waals surface area contributed by atoms with Crippen LogP contribution in [0.15, 0.2) is 58.2 Å². The number of rotatable bonds is 5.